The predicted molar refractivity (Wildman–Crippen MR) is 428 cm³/mol. The molecule has 0 aliphatic carbocycles. The van der Waals surface area contributed by atoms with Crippen molar-refractivity contribution in [3.8, 4) is 0 Å². The topological polar surface area (TPSA) is 214 Å². The number of aromatic amines is 2. The van der Waals surface area contributed by atoms with Crippen molar-refractivity contribution in [3.63, 3.8) is 0 Å². The first-order chi connectivity index (χ1) is 46.7. The van der Waals surface area contributed by atoms with Gasteiger partial charge in [0.1, 0.15) is 30.0 Å². The van der Waals surface area contributed by atoms with Gasteiger partial charge >= 0.3 is 0 Å². The number of hydrogen-bond donors (Lipinski definition) is 2. The summed E-state index contributed by atoms with van der Waals surface area (Å²) in [5.41, 5.74) is 13.4. The van der Waals surface area contributed by atoms with Crippen molar-refractivity contribution in [3.05, 3.63) is 173 Å². The van der Waals surface area contributed by atoms with Crippen LogP contribution in [0, 0.1) is 60.1 Å². The molecule has 0 unspecified atom stereocenters. The van der Waals surface area contributed by atoms with Crippen molar-refractivity contribution in [1.82, 2.24) is 69.6 Å². The molecule has 102 heavy (non-hydrogen) atoms. The van der Waals surface area contributed by atoms with Crippen molar-refractivity contribution in [2.45, 2.75) is 272 Å². The minimum absolute atomic E-state index is 0.279. The third-order valence-corrected chi connectivity index (χ3v) is 14.6. The van der Waals surface area contributed by atoms with Gasteiger partial charge < -0.3 is 23.1 Å². The molecule has 9 aromatic heterocycles. The molecule has 17 nitrogen and oxygen atoms in total. The van der Waals surface area contributed by atoms with Crippen LogP contribution < -0.4 is 0 Å². The Balaban J connectivity index is 0.000000567. The smallest absolute Gasteiger partial charge is 0.180 e. The van der Waals surface area contributed by atoms with Crippen LogP contribution in [-0.2, 0) is 69.6 Å². The fourth-order valence-electron chi connectivity index (χ4n) is 9.59. The number of pyridine rings is 1. The van der Waals surface area contributed by atoms with Crippen LogP contribution in [0.4, 0.5) is 0 Å². The van der Waals surface area contributed by atoms with Crippen molar-refractivity contribution in [2.75, 3.05) is 13.2 Å². The summed E-state index contributed by atoms with van der Waals surface area (Å²) >= 11 is 3.41. The van der Waals surface area contributed by atoms with Crippen LogP contribution in [0.5, 0.6) is 0 Å². The lowest BCUT2D eigenvalue weighted by Gasteiger charge is -2.31. The molecule has 10 rings (SSSR count). The van der Waals surface area contributed by atoms with Crippen LogP contribution in [-0.4, -0.2) is 82.8 Å². The van der Waals surface area contributed by atoms with E-state index in [2.05, 4.69) is 295 Å². The number of oxazole rings is 2. The zero-order valence-corrected chi connectivity index (χ0v) is 71.2. The number of imidazole rings is 2. The van der Waals surface area contributed by atoms with Gasteiger partial charge in [0.2, 0.25) is 0 Å². The molecule has 19 heteroatoms. The standard InChI is InChI=1S/C10H15N.C9H16N2.C9H14N2.C8H14N2.2C8H13NO.2C8H13NS.C8H16O.C7H13N3/c1-10(2,3)8-9-4-6-11-7-5-9;1-9(2,3)5-8-6-10-7-11(8)4;1-9(2,3)7-8-10-5-4-6-11-8;1-8(2,3)4-7-5-9-6-10-7;1-8(2,3)4-7-5-10-6-9-7;1-8(2,3)4-7-5-9-6-10-7;1-8(2,3)4-7-5-10-6-9-7;1-8(2,3)4-7-5-9-6-10-7;1-8(2,3)4-7-5-9-6-7;1-7(2,3)4-6-8-5-9-10-6/h4-7H,8H2,1-3H3;6-7H,5H2,1-4H3;4-6H,7H2,1-3H3;5-6H,4H2,1-3H3,(H,9,10);4*5-6H,4H2,1-3H3;7H,4-6H2,1-3H3;5H,4H2,1-3H3,(H,8,9,10). The number of ether oxygens (including phenoxy) is 1. The Bertz CT molecular complexity index is 2950. The van der Waals surface area contributed by atoms with E-state index in [1.54, 1.807) is 60.2 Å². The second-order valence-corrected chi connectivity index (χ2v) is 40.4. The Morgan fingerprint density at radius 3 is 1.42 bits per heavy atom. The average molecular weight is 1450 g/mol. The molecule has 1 fully saturated rings. The number of H-pyrrole nitrogens is 2. The summed E-state index contributed by atoms with van der Waals surface area (Å²) in [4.78, 5) is 44.9. The molecule has 0 bridgehead atoms. The minimum Gasteiger partial charge on any atom is -0.451 e. The van der Waals surface area contributed by atoms with E-state index in [0.717, 1.165) is 100 Å². The van der Waals surface area contributed by atoms with Crippen LogP contribution in [0.15, 0.2) is 131 Å². The largest absolute Gasteiger partial charge is 0.451 e. The summed E-state index contributed by atoms with van der Waals surface area (Å²) in [5, 5.41) is 8.72. The molecule has 9 aromatic rings. The van der Waals surface area contributed by atoms with Crippen LogP contribution in [0.1, 0.15) is 265 Å². The molecule has 572 valence electrons. The van der Waals surface area contributed by atoms with Crippen LogP contribution in [0.2, 0.25) is 0 Å². The number of nitrogens with one attached hydrogen (secondary N) is 2. The normalized spacial score (nSPS) is 12.7. The minimum atomic E-state index is 0.279. The first-order valence-corrected chi connectivity index (χ1v) is 38.0. The third-order valence-electron chi connectivity index (χ3n) is 13.2. The number of aromatic nitrogens is 14. The summed E-state index contributed by atoms with van der Waals surface area (Å²) in [6.45, 7) is 68.5. The van der Waals surface area contributed by atoms with Gasteiger partial charge in [0.25, 0.3) is 0 Å². The van der Waals surface area contributed by atoms with E-state index in [4.69, 9.17) is 13.6 Å². The number of nitrogens with zero attached hydrogens (tertiary/aromatic N) is 12. The number of rotatable bonds is 10. The lowest BCUT2D eigenvalue weighted by Crippen LogP contribution is -2.31. The molecule has 1 aliphatic rings. The quantitative estimate of drug-likeness (QED) is 0.130. The van der Waals surface area contributed by atoms with Gasteiger partial charge in [0, 0.05) is 97.3 Å². The van der Waals surface area contributed by atoms with Gasteiger partial charge in [-0.25, -0.2) is 39.9 Å². The van der Waals surface area contributed by atoms with Crippen LogP contribution in [0.25, 0.3) is 0 Å². The number of aryl methyl sites for hydroxylation is 1. The van der Waals surface area contributed by atoms with Gasteiger partial charge in [-0.2, -0.15) is 5.10 Å². The van der Waals surface area contributed by atoms with Crippen molar-refractivity contribution < 1.29 is 13.6 Å². The highest BCUT2D eigenvalue weighted by molar-refractivity contribution is 7.09. The number of hydrogen-bond acceptors (Lipinski definition) is 16. The molecular weight excluding hydrogens is 1310 g/mol. The second-order valence-electron chi connectivity index (χ2n) is 38.7. The first-order valence-electron chi connectivity index (χ1n) is 36.2. The maximum atomic E-state index is 5.10. The average Bonchev–Trinajstić information content (AvgIpc) is 1.35. The highest BCUT2D eigenvalue weighted by Gasteiger charge is 2.25. The Hall–Kier alpha value is -6.57. The lowest BCUT2D eigenvalue weighted by atomic mass is 9.84. The molecule has 0 spiro atoms. The number of thiazole rings is 2. The van der Waals surface area contributed by atoms with Crippen molar-refractivity contribution in [1.29, 1.82) is 0 Å². The molecule has 0 saturated carbocycles. The highest BCUT2D eigenvalue weighted by atomic mass is 32.1. The zero-order valence-electron chi connectivity index (χ0n) is 69.5. The fourth-order valence-corrected chi connectivity index (χ4v) is 11.0. The van der Waals surface area contributed by atoms with E-state index in [1.165, 1.54) is 46.7 Å². The molecule has 0 aromatic carbocycles. The Morgan fingerprint density at radius 1 is 0.480 bits per heavy atom. The van der Waals surface area contributed by atoms with E-state index < -0.39 is 0 Å². The molecule has 2 N–H and O–H groups in total. The lowest BCUT2D eigenvalue weighted by molar-refractivity contribution is -0.0486. The van der Waals surface area contributed by atoms with Crippen molar-refractivity contribution in [2.24, 2.45) is 67.1 Å². The Kier molecular flexibility index (Phi) is 40.6. The SMILES string of the molecule is CC(C)(C)CC1COC1.CC(C)(C)Cc1ccncc1.CC(C)(C)Cc1cnc[nH]1.CC(C)(C)Cc1cnco1.CC(C)(C)Cc1cncs1.CC(C)(C)Cc1cocn1.CC(C)(C)Cc1cscn1.CC(C)(C)Cc1ncccn1.CC(C)(C)Cc1ncn[nH]1.Cn1cncc1CC(C)(C)C. The Morgan fingerprint density at radius 2 is 1.04 bits per heavy atom. The molecular formula is C83H140N14O3S2. The fraction of sp³-hybridized carbons (Fsp3) is 0.651. The predicted octanol–water partition coefficient (Wildman–Crippen LogP) is 22.2. The maximum Gasteiger partial charge on any atom is 0.180 e. The summed E-state index contributed by atoms with van der Waals surface area (Å²) in [7, 11) is 2.04. The van der Waals surface area contributed by atoms with E-state index in [-0.39, 0.29) is 5.41 Å². The van der Waals surface area contributed by atoms with E-state index >= 15 is 0 Å². The molecule has 1 saturated heterocycles. The molecule has 0 atom stereocenters. The van der Waals surface area contributed by atoms with E-state index in [0.29, 0.717) is 48.7 Å². The maximum absolute atomic E-state index is 5.10. The summed E-state index contributed by atoms with van der Waals surface area (Å²) in [5.74, 6) is 3.71. The van der Waals surface area contributed by atoms with Gasteiger partial charge in [-0.15, -0.1) is 22.7 Å². The van der Waals surface area contributed by atoms with Gasteiger partial charge in [-0.05, 0) is 123 Å². The summed E-state index contributed by atoms with van der Waals surface area (Å²) < 4.78 is 17.1. The van der Waals surface area contributed by atoms with Crippen LogP contribution in [0.3, 0.4) is 0 Å². The zero-order chi connectivity index (χ0) is 77.7. The van der Waals surface area contributed by atoms with Crippen LogP contribution >= 0.6 is 22.7 Å². The van der Waals surface area contributed by atoms with Gasteiger partial charge in [-0.1, -0.05) is 208 Å². The second kappa shape index (κ2) is 44.3. The molecule has 0 amide bonds. The summed E-state index contributed by atoms with van der Waals surface area (Å²) in [6, 6.07) is 5.99. The van der Waals surface area contributed by atoms with Crippen molar-refractivity contribution >= 4 is 22.7 Å². The van der Waals surface area contributed by atoms with Gasteiger partial charge in [-0.3, -0.25) is 15.1 Å². The van der Waals surface area contributed by atoms with Gasteiger partial charge in [0.15, 0.2) is 12.8 Å². The van der Waals surface area contributed by atoms with Gasteiger partial charge in [0.05, 0.1) is 54.5 Å². The van der Waals surface area contributed by atoms with E-state index in [9.17, 15) is 0 Å². The molecule has 10 heterocycles. The molecule has 1 aliphatic heterocycles. The highest BCUT2D eigenvalue weighted by Crippen LogP contribution is 2.29. The first kappa shape index (κ1) is 93.4. The third kappa shape index (κ3) is 57.9. The Labute approximate surface area is 627 Å². The summed E-state index contributed by atoms with van der Waals surface area (Å²) in [6.07, 6.45) is 35.2. The van der Waals surface area contributed by atoms with E-state index in [1.807, 2.05) is 61.4 Å². The molecule has 0 radical (unpaired) electrons. The monoisotopic (exact) mass is 1450 g/mol.